The van der Waals surface area contributed by atoms with Gasteiger partial charge >= 0.3 is 0 Å². The maximum atomic E-state index is 5.95. The molecule has 2 rings (SSSR count). The highest BCUT2D eigenvalue weighted by atomic mass is 35.5. The summed E-state index contributed by atoms with van der Waals surface area (Å²) in [6.45, 7) is 3.81. The summed E-state index contributed by atoms with van der Waals surface area (Å²) in [5.41, 5.74) is 7.68. The molecule has 1 aromatic carbocycles. The molecule has 1 unspecified atom stereocenters. The molecule has 0 amide bonds. The standard InChI is InChI=1S/C10H12ClN5/c1-6-3-4-8(11)5-9(6)16-10(7(2)12)13-14-15-16/h3-5,7H,12H2,1-2H3. The largest absolute Gasteiger partial charge is 0.321 e. The average molecular weight is 238 g/mol. The third kappa shape index (κ3) is 1.91. The highest BCUT2D eigenvalue weighted by Gasteiger charge is 2.13. The van der Waals surface area contributed by atoms with Gasteiger partial charge in [-0.2, -0.15) is 4.68 Å². The van der Waals surface area contributed by atoms with Crippen molar-refractivity contribution in [2.75, 3.05) is 0 Å². The number of aryl methyl sites for hydroxylation is 1. The predicted octanol–water partition coefficient (Wildman–Crippen LogP) is 1.64. The van der Waals surface area contributed by atoms with Crippen molar-refractivity contribution in [3.8, 4) is 5.69 Å². The van der Waals surface area contributed by atoms with E-state index in [0.29, 0.717) is 10.8 Å². The second-order valence-electron chi connectivity index (χ2n) is 3.67. The van der Waals surface area contributed by atoms with E-state index in [0.717, 1.165) is 11.3 Å². The van der Waals surface area contributed by atoms with Crippen LogP contribution in [-0.4, -0.2) is 20.2 Å². The molecule has 0 radical (unpaired) electrons. The van der Waals surface area contributed by atoms with Gasteiger partial charge in [-0.15, -0.1) is 5.10 Å². The third-order valence-electron chi connectivity index (χ3n) is 2.30. The number of aromatic nitrogens is 4. The fraction of sp³-hybridized carbons (Fsp3) is 0.300. The lowest BCUT2D eigenvalue weighted by Gasteiger charge is -2.09. The van der Waals surface area contributed by atoms with Gasteiger partial charge in [0.1, 0.15) is 0 Å². The molecule has 16 heavy (non-hydrogen) atoms. The highest BCUT2D eigenvalue weighted by molar-refractivity contribution is 6.30. The van der Waals surface area contributed by atoms with Crippen LogP contribution in [0.4, 0.5) is 0 Å². The minimum absolute atomic E-state index is 0.228. The van der Waals surface area contributed by atoms with Crippen molar-refractivity contribution in [3.05, 3.63) is 34.6 Å². The number of nitrogens with zero attached hydrogens (tertiary/aromatic N) is 4. The van der Waals surface area contributed by atoms with Gasteiger partial charge in [0.15, 0.2) is 5.82 Å². The first-order valence-electron chi connectivity index (χ1n) is 4.90. The number of halogens is 1. The molecule has 1 heterocycles. The first-order chi connectivity index (χ1) is 7.59. The predicted molar refractivity (Wildman–Crippen MR) is 61.5 cm³/mol. The molecule has 0 aliphatic heterocycles. The Bertz CT molecular complexity index is 506. The van der Waals surface area contributed by atoms with Crippen molar-refractivity contribution in [2.45, 2.75) is 19.9 Å². The fourth-order valence-corrected chi connectivity index (χ4v) is 1.63. The van der Waals surface area contributed by atoms with Crippen molar-refractivity contribution in [1.29, 1.82) is 0 Å². The van der Waals surface area contributed by atoms with Gasteiger partial charge in [-0.25, -0.2) is 0 Å². The zero-order valence-corrected chi connectivity index (χ0v) is 9.81. The Morgan fingerprint density at radius 1 is 1.44 bits per heavy atom. The lowest BCUT2D eigenvalue weighted by atomic mass is 10.2. The number of hydrogen-bond acceptors (Lipinski definition) is 4. The minimum Gasteiger partial charge on any atom is -0.321 e. The van der Waals surface area contributed by atoms with Crippen LogP contribution in [0.1, 0.15) is 24.4 Å². The number of rotatable bonds is 2. The van der Waals surface area contributed by atoms with Crippen LogP contribution in [0, 0.1) is 6.92 Å². The molecular weight excluding hydrogens is 226 g/mol. The molecule has 0 saturated carbocycles. The molecule has 0 bridgehead atoms. The lowest BCUT2D eigenvalue weighted by Crippen LogP contribution is -2.14. The van der Waals surface area contributed by atoms with Crippen LogP contribution >= 0.6 is 11.6 Å². The number of tetrazole rings is 1. The molecular formula is C10H12ClN5. The van der Waals surface area contributed by atoms with E-state index >= 15 is 0 Å². The average Bonchev–Trinajstić information content (AvgIpc) is 2.70. The summed E-state index contributed by atoms with van der Waals surface area (Å²) < 4.78 is 1.62. The molecule has 84 valence electrons. The van der Waals surface area contributed by atoms with Crippen LogP contribution in [-0.2, 0) is 0 Å². The number of nitrogens with two attached hydrogens (primary N) is 1. The van der Waals surface area contributed by atoms with E-state index in [4.69, 9.17) is 17.3 Å². The molecule has 1 aromatic heterocycles. The summed E-state index contributed by atoms with van der Waals surface area (Å²) in [5.74, 6) is 0.616. The SMILES string of the molecule is Cc1ccc(Cl)cc1-n1nnnc1C(C)N. The Morgan fingerprint density at radius 3 is 2.88 bits per heavy atom. The first-order valence-corrected chi connectivity index (χ1v) is 5.28. The second kappa shape index (κ2) is 4.19. The molecule has 1 atom stereocenters. The molecule has 6 heteroatoms. The second-order valence-corrected chi connectivity index (χ2v) is 4.10. The molecule has 2 N–H and O–H groups in total. The fourth-order valence-electron chi connectivity index (χ4n) is 1.46. The molecule has 0 aliphatic rings. The highest BCUT2D eigenvalue weighted by Crippen LogP contribution is 2.20. The van der Waals surface area contributed by atoms with Crippen LogP contribution in [0.25, 0.3) is 5.69 Å². The van der Waals surface area contributed by atoms with E-state index in [1.54, 1.807) is 4.68 Å². The van der Waals surface area contributed by atoms with Crippen LogP contribution < -0.4 is 5.73 Å². The Labute approximate surface area is 98.2 Å². The summed E-state index contributed by atoms with van der Waals surface area (Å²) >= 11 is 5.95. The monoisotopic (exact) mass is 237 g/mol. The van der Waals surface area contributed by atoms with Gasteiger partial charge < -0.3 is 5.73 Å². The molecule has 2 aromatic rings. The maximum absolute atomic E-state index is 5.95. The van der Waals surface area contributed by atoms with E-state index in [1.807, 2.05) is 32.0 Å². The normalized spacial score (nSPS) is 12.8. The van der Waals surface area contributed by atoms with E-state index in [2.05, 4.69) is 15.5 Å². The van der Waals surface area contributed by atoms with Crippen LogP contribution in [0.3, 0.4) is 0 Å². The topological polar surface area (TPSA) is 69.6 Å². The Kier molecular flexibility index (Phi) is 2.89. The number of benzene rings is 1. The smallest absolute Gasteiger partial charge is 0.173 e. The first kappa shape index (κ1) is 11.0. The zero-order chi connectivity index (χ0) is 11.7. The van der Waals surface area contributed by atoms with Crippen molar-refractivity contribution < 1.29 is 0 Å². The summed E-state index contributed by atoms with van der Waals surface area (Å²) in [4.78, 5) is 0. The van der Waals surface area contributed by atoms with Crippen LogP contribution in [0.15, 0.2) is 18.2 Å². The molecule has 0 saturated heterocycles. The van der Waals surface area contributed by atoms with E-state index in [9.17, 15) is 0 Å². The van der Waals surface area contributed by atoms with E-state index in [1.165, 1.54) is 0 Å². The van der Waals surface area contributed by atoms with Crippen LogP contribution in [0.2, 0.25) is 5.02 Å². The Morgan fingerprint density at radius 2 is 2.19 bits per heavy atom. The summed E-state index contributed by atoms with van der Waals surface area (Å²) in [7, 11) is 0. The summed E-state index contributed by atoms with van der Waals surface area (Å²) in [5, 5.41) is 12.1. The van der Waals surface area contributed by atoms with Gasteiger partial charge in [0.2, 0.25) is 0 Å². The van der Waals surface area contributed by atoms with E-state index < -0.39 is 0 Å². The van der Waals surface area contributed by atoms with Gasteiger partial charge in [-0.1, -0.05) is 17.7 Å². The van der Waals surface area contributed by atoms with Gasteiger partial charge in [0.25, 0.3) is 0 Å². The molecule has 5 nitrogen and oxygen atoms in total. The lowest BCUT2D eigenvalue weighted by molar-refractivity contribution is 0.686. The van der Waals surface area contributed by atoms with Crippen molar-refractivity contribution in [3.63, 3.8) is 0 Å². The Balaban J connectivity index is 2.58. The van der Waals surface area contributed by atoms with Gasteiger partial charge in [0.05, 0.1) is 11.7 Å². The summed E-state index contributed by atoms with van der Waals surface area (Å²) in [6.07, 6.45) is 0. The van der Waals surface area contributed by atoms with Crippen LogP contribution in [0.5, 0.6) is 0 Å². The van der Waals surface area contributed by atoms with Gasteiger partial charge in [-0.3, -0.25) is 0 Å². The van der Waals surface area contributed by atoms with Gasteiger partial charge in [0, 0.05) is 5.02 Å². The maximum Gasteiger partial charge on any atom is 0.173 e. The third-order valence-corrected chi connectivity index (χ3v) is 2.54. The zero-order valence-electron chi connectivity index (χ0n) is 9.05. The molecule has 0 spiro atoms. The van der Waals surface area contributed by atoms with Crippen molar-refractivity contribution in [2.24, 2.45) is 5.73 Å². The van der Waals surface area contributed by atoms with Crippen molar-refractivity contribution >= 4 is 11.6 Å². The number of hydrogen-bond donors (Lipinski definition) is 1. The van der Waals surface area contributed by atoms with E-state index in [-0.39, 0.29) is 6.04 Å². The quantitative estimate of drug-likeness (QED) is 0.862. The molecule has 0 aliphatic carbocycles. The summed E-state index contributed by atoms with van der Waals surface area (Å²) in [6, 6.07) is 5.34. The van der Waals surface area contributed by atoms with Gasteiger partial charge in [-0.05, 0) is 42.0 Å². The Hall–Kier alpha value is -1.46. The minimum atomic E-state index is -0.228. The van der Waals surface area contributed by atoms with Crippen molar-refractivity contribution in [1.82, 2.24) is 20.2 Å². The molecule has 0 fully saturated rings.